The van der Waals surface area contributed by atoms with Crippen molar-refractivity contribution in [2.75, 3.05) is 71.0 Å². The van der Waals surface area contributed by atoms with Gasteiger partial charge in [0.25, 0.3) is 5.56 Å². The lowest BCUT2D eigenvalue weighted by Gasteiger charge is -2.34. The van der Waals surface area contributed by atoms with Gasteiger partial charge in [-0.2, -0.15) is 0 Å². The summed E-state index contributed by atoms with van der Waals surface area (Å²) in [6.07, 6.45) is 2.42. The van der Waals surface area contributed by atoms with Crippen molar-refractivity contribution in [1.29, 1.82) is 0 Å². The number of halogens is 1. The highest BCUT2D eigenvalue weighted by molar-refractivity contribution is 5.60. The molecule has 37 heavy (non-hydrogen) atoms. The third-order valence-corrected chi connectivity index (χ3v) is 7.03. The van der Waals surface area contributed by atoms with Crippen LogP contribution >= 0.6 is 0 Å². The molecular formula is C27H33FN6O3. The fourth-order valence-corrected chi connectivity index (χ4v) is 4.71. The summed E-state index contributed by atoms with van der Waals surface area (Å²) in [4.78, 5) is 27.9. The third-order valence-electron chi connectivity index (χ3n) is 7.03. The standard InChI is InChI=1S/C27H33FN6O3/c1-31-9-11-33(12-10-31)13-15-36-21-5-3-20(4-6-21)25-19-34(14-16-37-25)27-30-24(17-26(35)32(27)2)22-7-8-29-18-23(22)28/h3-8,17-18,25H,9-16,19H2,1-2H3/t25-/m1/s1. The monoisotopic (exact) mass is 508 g/mol. The molecule has 5 rings (SSSR count). The molecule has 10 heteroatoms. The Morgan fingerprint density at radius 1 is 1.08 bits per heavy atom. The van der Waals surface area contributed by atoms with E-state index in [-0.39, 0.29) is 17.2 Å². The molecule has 2 aromatic heterocycles. The Balaban J connectivity index is 1.24. The van der Waals surface area contributed by atoms with E-state index in [1.807, 2.05) is 29.2 Å². The normalized spacial score (nSPS) is 19.2. The number of nitrogens with zero attached hydrogens (tertiary/aromatic N) is 6. The van der Waals surface area contributed by atoms with E-state index in [9.17, 15) is 9.18 Å². The molecule has 0 unspecified atom stereocenters. The zero-order valence-electron chi connectivity index (χ0n) is 21.3. The first-order chi connectivity index (χ1) is 18.0. The molecule has 2 aliphatic heterocycles. The summed E-state index contributed by atoms with van der Waals surface area (Å²) in [7, 11) is 3.83. The first-order valence-electron chi connectivity index (χ1n) is 12.7. The minimum absolute atomic E-state index is 0.189. The minimum atomic E-state index is -0.514. The number of pyridine rings is 1. The highest BCUT2D eigenvalue weighted by Gasteiger charge is 2.25. The molecule has 0 spiro atoms. The van der Waals surface area contributed by atoms with E-state index >= 15 is 0 Å². The van der Waals surface area contributed by atoms with Crippen LogP contribution in [0.3, 0.4) is 0 Å². The first-order valence-corrected chi connectivity index (χ1v) is 12.7. The summed E-state index contributed by atoms with van der Waals surface area (Å²) in [5.41, 5.74) is 1.32. The van der Waals surface area contributed by atoms with Gasteiger partial charge in [0, 0.05) is 64.1 Å². The van der Waals surface area contributed by atoms with Crippen LogP contribution in [-0.2, 0) is 11.8 Å². The molecule has 1 atom stereocenters. The first kappa shape index (κ1) is 25.3. The Bertz CT molecular complexity index is 1260. The molecule has 0 radical (unpaired) electrons. The number of aromatic nitrogens is 3. The summed E-state index contributed by atoms with van der Waals surface area (Å²) in [6.45, 7) is 7.51. The average Bonchev–Trinajstić information content (AvgIpc) is 2.92. The molecule has 3 aromatic rings. The molecule has 1 aromatic carbocycles. The Labute approximate surface area is 216 Å². The van der Waals surface area contributed by atoms with Gasteiger partial charge in [-0.3, -0.25) is 19.2 Å². The molecule has 196 valence electrons. The fourth-order valence-electron chi connectivity index (χ4n) is 4.71. The van der Waals surface area contributed by atoms with Gasteiger partial charge in [0.2, 0.25) is 5.95 Å². The van der Waals surface area contributed by atoms with Crippen LogP contribution < -0.4 is 15.2 Å². The molecule has 0 saturated carbocycles. The van der Waals surface area contributed by atoms with Crippen molar-refractivity contribution in [3.8, 4) is 17.0 Å². The molecule has 0 bridgehead atoms. The maximum Gasteiger partial charge on any atom is 0.255 e. The third kappa shape index (κ3) is 5.98. The van der Waals surface area contributed by atoms with E-state index < -0.39 is 5.82 Å². The number of anilines is 1. The van der Waals surface area contributed by atoms with Crippen LogP contribution in [0.1, 0.15) is 11.7 Å². The van der Waals surface area contributed by atoms with Crippen LogP contribution in [0, 0.1) is 5.82 Å². The van der Waals surface area contributed by atoms with E-state index in [2.05, 4.69) is 26.8 Å². The van der Waals surface area contributed by atoms with Crippen molar-refractivity contribution < 1.29 is 13.9 Å². The Kier molecular flexibility index (Phi) is 7.78. The van der Waals surface area contributed by atoms with Crippen LogP contribution in [0.4, 0.5) is 10.3 Å². The van der Waals surface area contributed by atoms with Gasteiger partial charge < -0.3 is 19.3 Å². The molecule has 0 N–H and O–H groups in total. The molecular weight excluding hydrogens is 475 g/mol. The Hall–Kier alpha value is -3.34. The van der Waals surface area contributed by atoms with E-state index in [4.69, 9.17) is 9.47 Å². The summed E-state index contributed by atoms with van der Waals surface area (Å²) in [5.74, 6) is 0.803. The largest absolute Gasteiger partial charge is 0.492 e. The smallest absolute Gasteiger partial charge is 0.255 e. The fraction of sp³-hybridized carbons (Fsp3) is 0.444. The second kappa shape index (κ2) is 11.4. The number of morpholine rings is 1. The van der Waals surface area contributed by atoms with Crippen LogP contribution in [0.15, 0.2) is 53.6 Å². The topological polar surface area (TPSA) is 76.0 Å². The quantitative estimate of drug-likeness (QED) is 0.481. The van der Waals surface area contributed by atoms with Gasteiger partial charge in [0.15, 0.2) is 5.82 Å². The number of benzene rings is 1. The Morgan fingerprint density at radius 2 is 1.86 bits per heavy atom. The maximum absolute atomic E-state index is 14.3. The van der Waals surface area contributed by atoms with E-state index in [0.29, 0.717) is 37.9 Å². The number of piperazine rings is 1. The van der Waals surface area contributed by atoms with Crippen LogP contribution in [0.2, 0.25) is 0 Å². The van der Waals surface area contributed by atoms with Crippen LogP contribution in [0.5, 0.6) is 5.75 Å². The summed E-state index contributed by atoms with van der Waals surface area (Å²) < 4.78 is 27.8. The lowest BCUT2D eigenvalue weighted by atomic mass is 10.1. The lowest BCUT2D eigenvalue weighted by molar-refractivity contribution is 0.0389. The van der Waals surface area contributed by atoms with Crippen molar-refractivity contribution in [1.82, 2.24) is 24.3 Å². The molecule has 9 nitrogen and oxygen atoms in total. The van der Waals surface area contributed by atoms with Gasteiger partial charge in [0.05, 0.1) is 25.0 Å². The molecule has 2 fully saturated rings. The van der Waals surface area contributed by atoms with Crippen molar-refractivity contribution in [3.63, 3.8) is 0 Å². The van der Waals surface area contributed by atoms with Crippen molar-refractivity contribution in [2.45, 2.75) is 6.10 Å². The minimum Gasteiger partial charge on any atom is -0.492 e. The van der Waals surface area contributed by atoms with Crippen molar-refractivity contribution in [3.05, 3.63) is 70.5 Å². The van der Waals surface area contributed by atoms with Gasteiger partial charge in [0.1, 0.15) is 18.5 Å². The van der Waals surface area contributed by atoms with Gasteiger partial charge >= 0.3 is 0 Å². The van der Waals surface area contributed by atoms with Crippen LogP contribution in [-0.4, -0.2) is 90.4 Å². The van der Waals surface area contributed by atoms with Gasteiger partial charge in [-0.25, -0.2) is 9.37 Å². The predicted octanol–water partition coefficient (Wildman–Crippen LogP) is 2.19. The van der Waals surface area contributed by atoms with E-state index in [1.165, 1.54) is 22.9 Å². The highest BCUT2D eigenvalue weighted by atomic mass is 19.1. The zero-order chi connectivity index (χ0) is 25.8. The molecule has 0 aliphatic carbocycles. The number of likely N-dealkylation sites (N-methyl/N-ethyl adjacent to an activating group) is 1. The SMILES string of the molecule is CN1CCN(CCOc2ccc([C@H]3CN(c4nc(-c5ccncc5F)cc(=O)n4C)CCO3)cc2)CC1. The molecule has 2 aliphatic rings. The van der Waals surface area contributed by atoms with Crippen molar-refractivity contribution in [2.24, 2.45) is 7.05 Å². The number of hydrogen-bond acceptors (Lipinski definition) is 8. The van der Waals surface area contributed by atoms with Crippen molar-refractivity contribution >= 4 is 5.95 Å². The van der Waals surface area contributed by atoms with E-state index in [0.717, 1.165) is 50.2 Å². The number of ether oxygens (including phenoxy) is 2. The van der Waals surface area contributed by atoms with Crippen LogP contribution in [0.25, 0.3) is 11.3 Å². The molecule has 4 heterocycles. The lowest BCUT2D eigenvalue weighted by Crippen LogP contribution is -2.45. The second-order valence-electron chi connectivity index (χ2n) is 9.56. The second-order valence-corrected chi connectivity index (χ2v) is 9.56. The predicted molar refractivity (Wildman–Crippen MR) is 139 cm³/mol. The zero-order valence-corrected chi connectivity index (χ0v) is 21.3. The Morgan fingerprint density at radius 3 is 2.62 bits per heavy atom. The molecule has 0 amide bonds. The number of hydrogen-bond donors (Lipinski definition) is 0. The van der Waals surface area contributed by atoms with Gasteiger partial charge in [-0.1, -0.05) is 12.1 Å². The maximum atomic E-state index is 14.3. The summed E-state index contributed by atoms with van der Waals surface area (Å²) in [6, 6.07) is 10.9. The number of rotatable bonds is 7. The average molecular weight is 509 g/mol. The summed E-state index contributed by atoms with van der Waals surface area (Å²) in [5, 5.41) is 0. The van der Waals surface area contributed by atoms with Gasteiger partial charge in [-0.15, -0.1) is 0 Å². The van der Waals surface area contributed by atoms with E-state index in [1.54, 1.807) is 7.05 Å². The summed E-state index contributed by atoms with van der Waals surface area (Å²) >= 11 is 0. The van der Waals surface area contributed by atoms with Gasteiger partial charge in [-0.05, 0) is 30.8 Å². The molecule has 2 saturated heterocycles. The highest BCUT2D eigenvalue weighted by Crippen LogP contribution is 2.28.